The molecule has 0 spiro atoms. The van der Waals surface area contributed by atoms with Crippen LogP contribution in [0.1, 0.15) is 10.4 Å². The number of anilines is 2. The van der Waals surface area contributed by atoms with Gasteiger partial charge in [0.05, 0.1) is 5.56 Å². The number of hydrogen-bond acceptors (Lipinski definition) is 3. The first-order valence-electron chi connectivity index (χ1n) is 8.12. The fourth-order valence-electron chi connectivity index (χ4n) is 2.93. The molecule has 1 amide bonds. The molecule has 126 valence electrons. The minimum atomic E-state index is 0.102. The quantitative estimate of drug-likeness (QED) is 0.806. The number of halogens is 1. The van der Waals surface area contributed by atoms with Crippen LogP contribution in [0.4, 0.5) is 11.4 Å². The van der Waals surface area contributed by atoms with Crippen LogP contribution in [-0.4, -0.2) is 51.1 Å². The fraction of sp³-hybridized carbons (Fsp3) is 0.316. The van der Waals surface area contributed by atoms with Crippen molar-refractivity contribution in [3.8, 4) is 0 Å². The van der Waals surface area contributed by atoms with Crippen LogP contribution in [0.15, 0.2) is 53.0 Å². The van der Waals surface area contributed by atoms with E-state index in [4.69, 9.17) is 0 Å². The van der Waals surface area contributed by atoms with E-state index in [1.54, 1.807) is 0 Å². The van der Waals surface area contributed by atoms with E-state index in [9.17, 15) is 4.79 Å². The summed E-state index contributed by atoms with van der Waals surface area (Å²) in [5.41, 5.74) is 3.15. The number of nitrogens with zero attached hydrogens (tertiary/aromatic N) is 3. The molecule has 2 aromatic carbocycles. The van der Waals surface area contributed by atoms with Gasteiger partial charge in [0.25, 0.3) is 5.91 Å². The minimum absolute atomic E-state index is 0.102. The third kappa shape index (κ3) is 3.56. The first-order chi connectivity index (χ1) is 11.6. The zero-order valence-corrected chi connectivity index (χ0v) is 15.7. The number of piperazine rings is 1. The molecule has 24 heavy (non-hydrogen) atoms. The first kappa shape index (κ1) is 16.8. The Kier molecular flexibility index (Phi) is 5.09. The number of benzene rings is 2. The lowest BCUT2D eigenvalue weighted by Gasteiger charge is -2.36. The molecule has 0 aromatic heterocycles. The van der Waals surface area contributed by atoms with Crippen molar-refractivity contribution in [1.29, 1.82) is 0 Å². The molecule has 1 fully saturated rings. The second-order valence-electron chi connectivity index (χ2n) is 6.17. The van der Waals surface area contributed by atoms with Gasteiger partial charge < -0.3 is 14.7 Å². The molecule has 1 saturated heterocycles. The maximum absolute atomic E-state index is 12.7. The van der Waals surface area contributed by atoms with Gasteiger partial charge in [-0.3, -0.25) is 4.79 Å². The molecule has 0 N–H and O–H groups in total. The van der Waals surface area contributed by atoms with Crippen molar-refractivity contribution < 1.29 is 4.79 Å². The van der Waals surface area contributed by atoms with E-state index in [0.717, 1.165) is 36.2 Å². The maximum Gasteiger partial charge on any atom is 0.255 e. The Labute approximate surface area is 151 Å². The van der Waals surface area contributed by atoms with Crippen LogP contribution < -0.4 is 9.80 Å². The monoisotopic (exact) mass is 387 g/mol. The summed E-state index contributed by atoms with van der Waals surface area (Å²) in [6.45, 7) is 3.21. The molecule has 0 saturated carbocycles. The van der Waals surface area contributed by atoms with Crippen LogP contribution >= 0.6 is 15.9 Å². The van der Waals surface area contributed by atoms with Crippen LogP contribution in [0.5, 0.6) is 0 Å². The van der Waals surface area contributed by atoms with Gasteiger partial charge in [0.1, 0.15) is 0 Å². The Hall–Kier alpha value is -2.01. The molecule has 0 unspecified atom stereocenters. The molecule has 0 aliphatic carbocycles. The zero-order valence-electron chi connectivity index (χ0n) is 14.1. The van der Waals surface area contributed by atoms with Crippen molar-refractivity contribution in [2.75, 3.05) is 50.1 Å². The molecule has 5 heteroatoms. The van der Waals surface area contributed by atoms with Gasteiger partial charge in [-0.15, -0.1) is 0 Å². The number of carbonyl (C=O) groups excluding carboxylic acids is 1. The molecule has 0 atom stereocenters. The second kappa shape index (κ2) is 7.26. The van der Waals surface area contributed by atoms with Crippen molar-refractivity contribution >= 4 is 33.2 Å². The standard InChI is InChI=1S/C19H22BrN3O/c1-21(2)15-7-9-16(10-8-15)22-11-13-23(14-12-22)19(24)17-5-3-4-6-18(17)20/h3-10H,11-14H2,1-2H3. The van der Waals surface area contributed by atoms with Crippen molar-refractivity contribution in [2.24, 2.45) is 0 Å². The van der Waals surface area contributed by atoms with E-state index < -0.39 is 0 Å². The van der Waals surface area contributed by atoms with Crippen LogP contribution in [0.25, 0.3) is 0 Å². The summed E-state index contributed by atoms with van der Waals surface area (Å²) in [6, 6.07) is 16.2. The average molecular weight is 388 g/mol. The van der Waals surface area contributed by atoms with Crippen LogP contribution in [-0.2, 0) is 0 Å². The SMILES string of the molecule is CN(C)c1ccc(N2CCN(C(=O)c3ccccc3Br)CC2)cc1. The van der Waals surface area contributed by atoms with Gasteiger partial charge >= 0.3 is 0 Å². The van der Waals surface area contributed by atoms with Crippen LogP contribution in [0, 0.1) is 0 Å². The smallest absolute Gasteiger partial charge is 0.255 e. The summed E-state index contributed by atoms with van der Waals surface area (Å²) in [7, 11) is 4.09. The Morgan fingerprint density at radius 2 is 1.58 bits per heavy atom. The van der Waals surface area contributed by atoms with Gasteiger partial charge in [-0.25, -0.2) is 0 Å². The van der Waals surface area contributed by atoms with Crippen molar-refractivity contribution in [1.82, 2.24) is 4.90 Å². The van der Waals surface area contributed by atoms with Gasteiger partial charge in [0.15, 0.2) is 0 Å². The third-order valence-electron chi connectivity index (χ3n) is 4.40. The molecule has 0 bridgehead atoms. The Morgan fingerprint density at radius 1 is 0.958 bits per heavy atom. The highest BCUT2D eigenvalue weighted by atomic mass is 79.9. The molecule has 1 aliphatic rings. The normalized spacial score (nSPS) is 14.6. The largest absolute Gasteiger partial charge is 0.378 e. The number of amides is 1. The van der Waals surface area contributed by atoms with E-state index in [0.29, 0.717) is 0 Å². The van der Waals surface area contributed by atoms with Crippen LogP contribution in [0.2, 0.25) is 0 Å². The average Bonchev–Trinajstić information content (AvgIpc) is 2.62. The number of hydrogen-bond donors (Lipinski definition) is 0. The molecular weight excluding hydrogens is 366 g/mol. The van der Waals surface area contributed by atoms with E-state index in [1.807, 2.05) is 43.3 Å². The fourth-order valence-corrected chi connectivity index (χ4v) is 3.39. The Morgan fingerprint density at radius 3 is 2.17 bits per heavy atom. The minimum Gasteiger partial charge on any atom is -0.378 e. The molecule has 2 aromatic rings. The van der Waals surface area contributed by atoms with Crippen molar-refractivity contribution in [3.63, 3.8) is 0 Å². The highest BCUT2D eigenvalue weighted by molar-refractivity contribution is 9.10. The summed E-state index contributed by atoms with van der Waals surface area (Å²) < 4.78 is 0.858. The molecule has 3 rings (SSSR count). The van der Waals surface area contributed by atoms with Crippen molar-refractivity contribution in [3.05, 3.63) is 58.6 Å². The summed E-state index contributed by atoms with van der Waals surface area (Å²) in [5, 5.41) is 0. The molecular formula is C19H22BrN3O. The van der Waals surface area contributed by atoms with Gasteiger partial charge in [-0.2, -0.15) is 0 Å². The lowest BCUT2D eigenvalue weighted by molar-refractivity contribution is 0.0746. The second-order valence-corrected chi connectivity index (χ2v) is 7.02. The Balaban J connectivity index is 1.63. The topological polar surface area (TPSA) is 26.8 Å². The summed E-state index contributed by atoms with van der Waals surface area (Å²) in [4.78, 5) is 19.0. The molecule has 1 aliphatic heterocycles. The maximum atomic E-state index is 12.7. The predicted molar refractivity (Wildman–Crippen MR) is 103 cm³/mol. The van der Waals surface area contributed by atoms with Gasteiger partial charge in [-0.05, 0) is 52.3 Å². The molecule has 0 radical (unpaired) electrons. The predicted octanol–water partition coefficient (Wildman–Crippen LogP) is 3.48. The lowest BCUT2D eigenvalue weighted by atomic mass is 10.1. The summed E-state index contributed by atoms with van der Waals surface area (Å²) >= 11 is 3.47. The summed E-state index contributed by atoms with van der Waals surface area (Å²) in [6.07, 6.45) is 0. The van der Waals surface area contributed by atoms with Crippen molar-refractivity contribution in [2.45, 2.75) is 0 Å². The number of carbonyl (C=O) groups is 1. The third-order valence-corrected chi connectivity index (χ3v) is 5.09. The first-order valence-corrected chi connectivity index (χ1v) is 8.91. The number of rotatable bonds is 3. The zero-order chi connectivity index (χ0) is 17.1. The van der Waals surface area contributed by atoms with Gasteiger partial charge in [0.2, 0.25) is 0 Å². The Bertz CT molecular complexity index is 707. The van der Waals surface area contributed by atoms with E-state index >= 15 is 0 Å². The van der Waals surface area contributed by atoms with E-state index in [1.165, 1.54) is 11.4 Å². The molecule has 1 heterocycles. The lowest BCUT2D eigenvalue weighted by Crippen LogP contribution is -2.48. The highest BCUT2D eigenvalue weighted by Crippen LogP contribution is 2.22. The highest BCUT2D eigenvalue weighted by Gasteiger charge is 2.23. The van der Waals surface area contributed by atoms with Gasteiger partial charge in [-0.1, -0.05) is 12.1 Å². The molecule has 4 nitrogen and oxygen atoms in total. The van der Waals surface area contributed by atoms with E-state index in [2.05, 4.69) is 50.0 Å². The summed E-state index contributed by atoms with van der Waals surface area (Å²) in [5.74, 6) is 0.102. The van der Waals surface area contributed by atoms with Gasteiger partial charge in [0, 0.05) is 56.1 Å². The van der Waals surface area contributed by atoms with Crippen LogP contribution in [0.3, 0.4) is 0 Å². The van der Waals surface area contributed by atoms with E-state index in [-0.39, 0.29) is 5.91 Å².